The highest BCUT2D eigenvalue weighted by Crippen LogP contribution is 2.59. The van der Waals surface area contributed by atoms with Crippen LogP contribution in [0, 0.1) is 0 Å². The predicted octanol–water partition coefficient (Wildman–Crippen LogP) is 4.76. The molecular weight excluding hydrogens is 251 g/mol. The van der Waals surface area contributed by atoms with E-state index in [4.69, 9.17) is 9.05 Å². The van der Waals surface area contributed by atoms with Gasteiger partial charge in [0.2, 0.25) is 0 Å². The third kappa shape index (κ3) is 2.70. The van der Waals surface area contributed by atoms with Crippen LogP contribution < -0.4 is 4.52 Å². The van der Waals surface area contributed by atoms with Gasteiger partial charge in [-0.25, -0.2) is 0 Å². The van der Waals surface area contributed by atoms with E-state index >= 15 is 0 Å². The lowest BCUT2D eigenvalue weighted by Gasteiger charge is -2.16. The first-order valence-corrected chi connectivity index (χ1v) is 7.22. The molecule has 1 atom stereocenters. The summed E-state index contributed by atoms with van der Waals surface area (Å²) in [7, 11) is 0.338. The van der Waals surface area contributed by atoms with Crippen molar-refractivity contribution in [3.05, 3.63) is 30.3 Å². The first-order chi connectivity index (χ1) is 7.35. The van der Waals surface area contributed by atoms with Crippen molar-refractivity contribution in [1.82, 2.24) is 0 Å². The van der Waals surface area contributed by atoms with Gasteiger partial charge in [0.1, 0.15) is 5.75 Å². The predicted molar refractivity (Wildman–Crippen MR) is 62.1 cm³/mol. The minimum absolute atomic E-state index is 0.622. The summed E-state index contributed by atoms with van der Waals surface area (Å²) in [6.07, 6.45) is 0. The molecule has 8 heteroatoms. The van der Waals surface area contributed by atoms with E-state index in [1.165, 1.54) is 0 Å². The highest BCUT2D eigenvalue weighted by Gasteiger charge is 2.22. The quantitative estimate of drug-likeness (QED) is 0.734. The molecule has 0 fully saturated rings. The number of hydrogen-bond donors (Lipinski definition) is 0. The summed E-state index contributed by atoms with van der Waals surface area (Å²) in [5.41, 5.74) is 0. The van der Waals surface area contributed by atoms with Gasteiger partial charge in [0.05, 0.1) is 0 Å². The fourth-order valence-corrected chi connectivity index (χ4v) is 4.63. The standard InChI is InChI=1S/C7H8N3O2P3/c1-11-15(9-13-8-14-10-15)12-7-5-3-2-4-6-7/h2-6H,1H3. The maximum Gasteiger partial charge on any atom is 0.405 e. The van der Waals surface area contributed by atoms with Crippen LogP contribution in [0.4, 0.5) is 0 Å². The largest absolute Gasteiger partial charge is 0.422 e. The van der Waals surface area contributed by atoms with Crippen LogP contribution in [0.25, 0.3) is 0 Å². The number of hydrogen-bond acceptors (Lipinski definition) is 5. The van der Waals surface area contributed by atoms with Crippen LogP contribution in [0.3, 0.4) is 0 Å². The average molecular weight is 259 g/mol. The van der Waals surface area contributed by atoms with E-state index in [0.29, 0.717) is 22.8 Å². The Hall–Kier alpha value is -0.590. The molecule has 0 spiro atoms. The van der Waals surface area contributed by atoms with Crippen molar-refractivity contribution in [2.45, 2.75) is 0 Å². The van der Waals surface area contributed by atoms with Crippen molar-refractivity contribution in [2.24, 2.45) is 13.5 Å². The summed E-state index contributed by atoms with van der Waals surface area (Å²) in [4.78, 5) is 0. The minimum atomic E-state index is -2.46. The van der Waals surface area contributed by atoms with Crippen LogP contribution in [-0.2, 0) is 4.52 Å². The smallest absolute Gasteiger partial charge is 0.405 e. The molecule has 1 aliphatic heterocycles. The molecule has 0 N–H and O–H groups in total. The Bertz CT molecular complexity index is 446. The lowest BCUT2D eigenvalue weighted by molar-refractivity contribution is 0.385. The summed E-state index contributed by atoms with van der Waals surface area (Å²) in [5.74, 6) is 0.715. The average Bonchev–Trinajstić information content (AvgIpc) is 2.32. The molecule has 0 amide bonds. The van der Waals surface area contributed by atoms with E-state index in [2.05, 4.69) is 13.5 Å². The van der Waals surface area contributed by atoms with Crippen LogP contribution in [0.2, 0.25) is 0 Å². The van der Waals surface area contributed by atoms with E-state index < -0.39 is 7.66 Å². The molecule has 0 bridgehead atoms. The third-order valence-electron chi connectivity index (χ3n) is 1.59. The second-order valence-electron chi connectivity index (χ2n) is 2.52. The van der Waals surface area contributed by atoms with Gasteiger partial charge in [0, 0.05) is 7.11 Å². The van der Waals surface area contributed by atoms with Crippen molar-refractivity contribution in [3.8, 4) is 5.75 Å². The Morgan fingerprint density at radius 2 is 2.00 bits per heavy atom. The zero-order chi connectivity index (χ0) is 10.6. The maximum atomic E-state index is 5.67. The second-order valence-corrected chi connectivity index (χ2v) is 6.56. The lowest BCUT2D eigenvalue weighted by atomic mass is 10.3. The SMILES string of the molecule is COP1(Oc2ccccc2)=NP=NP=N1. The van der Waals surface area contributed by atoms with E-state index in [1.54, 1.807) is 7.11 Å². The molecule has 2 rings (SSSR count). The molecule has 0 saturated heterocycles. The van der Waals surface area contributed by atoms with Crippen LogP contribution >= 0.6 is 24.7 Å². The summed E-state index contributed by atoms with van der Waals surface area (Å²) < 4.78 is 23.2. The minimum Gasteiger partial charge on any atom is -0.422 e. The van der Waals surface area contributed by atoms with Gasteiger partial charge in [0.15, 0.2) is 17.0 Å². The van der Waals surface area contributed by atoms with Gasteiger partial charge < -0.3 is 9.05 Å². The Morgan fingerprint density at radius 1 is 1.20 bits per heavy atom. The molecule has 1 aromatic carbocycles. The molecule has 15 heavy (non-hydrogen) atoms. The van der Waals surface area contributed by atoms with Crippen molar-refractivity contribution >= 4 is 24.7 Å². The van der Waals surface area contributed by atoms with Crippen molar-refractivity contribution in [3.63, 3.8) is 0 Å². The van der Waals surface area contributed by atoms with Gasteiger partial charge in [-0.3, -0.25) is 0 Å². The van der Waals surface area contributed by atoms with Crippen molar-refractivity contribution in [2.75, 3.05) is 7.11 Å². The molecule has 0 saturated carbocycles. The zero-order valence-corrected chi connectivity index (χ0v) is 10.6. The van der Waals surface area contributed by atoms with Crippen LogP contribution in [0.15, 0.2) is 43.9 Å². The molecule has 1 heterocycles. The molecule has 0 aliphatic carbocycles. The molecular formula is C7H8N3O2P3. The highest BCUT2D eigenvalue weighted by molar-refractivity contribution is 7.65. The first kappa shape index (κ1) is 10.9. The van der Waals surface area contributed by atoms with Gasteiger partial charge in [0.25, 0.3) is 0 Å². The Kier molecular flexibility index (Phi) is 3.61. The van der Waals surface area contributed by atoms with E-state index in [9.17, 15) is 0 Å². The number of nitrogens with zero attached hydrogens (tertiary/aromatic N) is 3. The van der Waals surface area contributed by atoms with Crippen LogP contribution in [0.1, 0.15) is 0 Å². The van der Waals surface area contributed by atoms with E-state index in [-0.39, 0.29) is 0 Å². The number of benzene rings is 1. The van der Waals surface area contributed by atoms with Gasteiger partial charge in [-0.2, -0.15) is 4.52 Å². The van der Waals surface area contributed by atoms with Crippen LogP contribution in [-0.4, -0.2) is 7.11 Å². The topological polar surface area (TPSA) is 55.5 Å². The van der Waals surface area contributed by atoms with E-state index in [1.807, 2.05) is 30.3 Å². The highest BCUT2D eigenvalue weighted by atomic mass is 31.2. The molecule has 1 aromatic rings. The zero-order valence-electron chi connectivity index (χ0n) is 7.89. The summed E-state index contributed by atoms with van der Waals surface area (Å²) in [6.45, 7) is 0. The normalized spacial score (nSPS) is 25.7. The second kappa shape index (κ2) is 4.96. The Balaban J connectivity index is 2.27. The lowest BCUT2D eigenvalue weighted by Crippen LogP contribution is -1.91. The summed E-state index contributed by atoms with van der Waals surface area (Å²) >= 11 is 0. The van der Waals surface area contributed by atoms with Gasteiger partial charge in [-0.05, 0) is 12.1 Å². The fraction of sp³-hybridized carbons (Fsp3) is 0.143. The van der Waals surface area contributed by atoms with Gasteiger partial charge in [-0.1, -0.05) is 18.2 Å². The Morgan fingerprint density at radius 3 is 2.60 bits per heavy atom. The first-order valence-electron chi connectivity index (χ1n) is 4.09. The number of rotatable bonds is 3. The van der Waals surface area contributed by atoms with Gasteiger partial charge in [-0.15, -0.1) is 9.03 Å². The van der Waals surface area contributed by atoms with Gasteiger partial charge >= 0.3 is 7.66 Å². The summed E-state index contributed by atoms with van der Waals surface area (Å²) in [6, 6.07) is 9.42. The summed E-state index contributed by atoms with van der Waals surface area (Å²) in [5, 5.41) is 0. The van der Waals surface area contributed by atoms with Crippen LogP contribution in [0.5, 0.6) is 5.75 Å². The molecule has 0 radical (unpaired) electrons. The van der Waals surface area contributed by atoms with E-state index in [0.717, 1.165) is 0 Å². The molecule has 5 nitrogen and oxygen atoms in total. The monoisotopic (exact) mass is 259 g/mol. The third-order valence-corrected chi connectivity index (χ3v) is 5.60. The van der Waals surface area contributed by atoms with Crippen molar-refractivity contribution < 1.29 is 9.05 Å². The fourth-order valence-electron chi connectivity index (χ4n) is 0.938. The molecule has 0 aromatic heterocycles. The molecule has 78 valence electrons. The molecule has 1 aliphatic rings. The molecule has 1 unspecified atom stereocenters. The Labute approximate surface area is 91.0 Å². The van der Waals surface area contributed by atoms with Crippen molar-refractivity contribution in [1.29, 1.82) is 0 Å². The maximum absolute atomic E-state index is 5.67. The number of para-hydroxylation sites is 1.